The molecule has 1 saturated heterocycles. The number of hydrogen-bond donors (Lipinski definition) is 0. The molecule has 1 aliphatic rings. The summed E-state index contributed by atoms with van der Waals surface area (Å²) >= 11 is 3.59. The first-order valence-corrected chi connectivity index (χ1v) is 7.07. The number of ether oxygens (including phenoxy) is 1. The second kappa shape index (κ2) is 9.05. The maximum atomic E-state index is 10.2. The van der Waals surface area contributed by atoms with Gasteiger partial charge in [-0.15, -0.1) is 0 Å². The molecule has 0 aromatic heterocycles. The quantitative estimate of drug-likeness (QED) is 0.408. The van der Waals surface area contributed by atoms with Gasteiger partial charge in [0, 0.05) is 12.8 Å². The Morgan fingerprint density at radius 1 is 1.11 bits per heavy atom. The highest BCUT2D eigenvalue weighted by Gasteiger charge is 2.30. The van der Waals surface area contributed by atoms with Gasteiger partial charge >= 0.3 is 6.39 Å². The lowest BCUT2D eigenvalue weighted by atomic mass is 10.4. The van der Waals surface area contributed by atoms with Crippen LogP contribution < -0.4 is 0 Å². The lowest BCUT2D eigenvalue weighted by molar-refractivity contribution is -0.935. The van der Waals surface area contributed by atoms with E-state index in [1.165, 1.54) is 43.4 Å². The van der Waals surface area contributed by atoms with E-state index in [0.717, 1.165) is 19.8 Å². The van der Waals surface area contributed by atoms with Crippen LogP contribution in [0.1, 0.15) is 39.5 Å². The summed E-state index contributed by atoms with van der Waals surface area (Å²) in [5.74, 6) is 0. The zero-order valence-electron chi connectivity index (χ0n) is 11.3. The molecule has 1 rings (SSSR count). The highest BCUT2D eigenvalue weighted by Crippen LogP contribution is 2.19. The average molecular weight is 290 g/mol. The summed E-state index contributed by atoms with van der Waals surface area (Å²) in [4.78, 5) is 0. The topological polar surface area (TPSA) is 9.23 Å². The summed E-state index contributed by atoms with van der Waals surface area (Å²) in [6.07, 6.45) is 0.201. The van der Waals surface area contributed by atoms with E-state index in [2.05, 4.69) is 25.3 Å². The molecule has 0 amide bonds. The van der Waals surface area contributed by atoms with Crippen molar-refractivity contribution in [3.05, 3.63) is 0 Å². The van der Waals surface area contributed by atoms with Gasteiger partial charge in [-0.25, -0.2) is 0 Å². The number of nitrogens with zero attached hydrogens (tertiary/aromatic N) is 1. The summed E-state index contributed by atoms with van der Waals surface area (Å²) in [7, 11) is 0. The Balaban J connectivity index is 0.000000494. The molecule has 0 aromatic carbocycles. The molecule has 1 aliphatic heterocycles. The van der Waals surface area contributed by atoms with Crippen LogP contribution in [0.4, 0.5) is 12.9 Å². The third kappa shape index (κ3) is 10.0. The number of rotatable bonds is 6. The van der Waals surface area contributed by atoms with Gasteiger partial charge in [-0.3, -0.25) is 11.5 Å². The van der Waals surface area contributed by atoms with E-state index in [1.807, 2.05) is 0 Å². The van der Waals surface area contributed by atoms with E-state index in [-0.39, 0.29) is 0 Å². The van der Waals surface area contributed by atoms with Crippen LogP contribution in [0.3, 0.4) is 0 Å². The van der Waals surface area contributed by atoms with Crippen LogP contribution >= 0.6 is 11.5 Å². The molecule has 0 atom stereocenters. The Bertz CT molecular complexity index is 205. The van der Waals surface area contributed by atoms with Crippen LogP contribution in [0.25, 0.3) is 0 Å². The van der Waals surface area contributed by atoms with Gasteiger partial charge in [0.05, 0.1) is 26.2 Å². The van der Waals surface area contributed by atoms with Crippen molar-refractivity contribution in [1.82, 2.24) is 0 Å². The molecule has 0 aliphatic carbocycles. The van der Waals surface area contributed by atoms with Gasteiger partial charge in [-0.1, -0.05) is 13.8 Å². The smallest absolute Gasteiger partial charge is 0.435 e. The van der Waals surface area contributed by atoms with Gasteiger partial charge < -0.3 is 22.2 Å². The van der Waals surface area contributed by atoms with Crippen molar-refractivity contribution in [1.29, 1.82) is 0 Å². The fourth-order valence-corrected chi connectivity index (χ4v) is 2.30. The van der Waals surface area contributed by atoms with Crippen molar-refractivity contribution in [2.24, 2.45) is 0 Å². The normalized spacial score (nSPS) is 18.3. The molecule has 0 unspecified atom stereocenters. The summed E-state index contributed by atoms with van der Waals surface area (Å²) in [5.41, 5.74) is 0. The molecule has 2 nitrogen and oxygen atoms in total. The Hall–Kier alpha value is 0.0649. The Morgan fingerprint density at radius 2 is 1.61 bits per heavy atom. The molecule has 0 radical (unpaired) electrons. The van der Waals surface area contributed by atoms with E-state index in [0.29, 0.717) is 0 Å². The summed E-state index contributed by atoms with van der Waals surface area (Å²) in [6.45, 7) is 10.3. The van der Waals surface area contributed by atoms with Gasteiger partial charge in [-0.05, 0) is 12.8 Å². The molecule has 1 fully saturated rings. The van der Waals surface area contributed by atoms with Crippen LogP contribution in [0.2, 0.25) is 0 Å². The Morgan fingerprint density at radius 3 is 2.00 bits per heavy atom. The first-order valence-electron chi connectivity index (χ1n) is 6.63. The molecule has 0 bridgehead atoms. The molecule has 7 heteroatoms. The average Bonchev–Trinajstić information content (AvgIpc) is 2.65. The lowest BCUT2D eigenvalue weighted by Gasteiger charge is -2.33. The SMILES string of the molecule is CCCOC[N+]1(CCC)CCCC1.F[B-](F)(F)Cl. The summed E-state index contributed by atoms with van der Waals surface area (Å²) < 4.78 is 37.5. The Labute approximate surface area is 113 Å². The van der Waals surface area contributed by atoms with E-state index < -0.39 is 6.39 Å². The van der Waals surface area contributed by atoms with Crippen LogP contribution in [0.15, 0.2) is 0 Å². The summed E-state index contributed by atoms with van der Waals surface area (Å²) in [5, 5.41) is 0. The second-order valence-electron chi connectivity index (χ2n) is 4.75. The largest absolute Gasteiger partial charge is 0.576 e. The van der Waals surface area contributed by atoms with E-state index >= 15 is 0 Å². The molecule has 1 heterocycles. The number of halogens is 4. The fourth-order valence-electron chi connectivity index (χ4n) is 2.30. The molecular weight excluding hydrogens is 265 g/mol. The minimum atomic E-state index is -5.03. The van der Waals surface area contributed by atoms with Crippen molar-refractivity contribution < 1.29 is 22.2 Å². The van der Waals surface area contributed by atoms with Gasteiger partial charge in [0.25, 0.3) is 0 Å². The molecular formula is C11H24BClF3NO. The highest BCUT2D eigenvalue weighted by molar-refractivity contribution is 7.08. The van der Waals surface area contributed by atoms with Gasteiger partial charge in [0.15, 0.2) is 6.73 Å². The maximum absolute atomic E-state index is 10.2. The molecule has 0 saturated carbocycles. The third-order valence-electron chi connectivity index (χ3n) is 2.93. The fraction of sp³-hybridized carbons (Fsp3) is 1.00. The minimum Gasteiger partial charge on any atom is -0.435 e. The van der Waals surface area contributed by atoms with E-state index in [1.54, 1.807) is 0 Å². The van der Waals surface area contributed by atoms with Crippen molar-refractivity contribution in [2.45, 2.75) is 39.5 Å². The van der Waals surface area contributed by atoms with Crippen LogP contribution in [0.5, 0.6) is 0 Å². The van der Waals surface area contributed by atoms with Crippen molar-refractivity contribution in [3.63, 3.8) is 0 Å². The first-order chi connectivity index (χ1) is 8.33. The summed E-state index contributed by atoms with van der Waals surface area (Å²) in [6, 6.07) is 0. The van der Waals surface area contributed by atoms with Crippen LogP contribution in [0, 0.1) is 0 Å². The second-order valence-corrected chi connectivity index (χ2v) is 5.25. The van der Waals surface area contributed by atoms with Crippen molar-refractivity contribution in [2.75, 3.05) is 33.0 Å². The standard InChI is InChI=1S/C11H24NO.BClF3/c1-3-7-12(8-5-6-9-12)11-13-10-4-2;2-1(3,4)5/h3-11H2,1-2H3;/q+1;-1. The minimum absolute atomic E-state index is 0.934. The van der Waals surface area contributed by atoms with Gasteiger partial charge in [0.2, 0.25) is 0 Å². The van der Waals surface area contributed by atoms with Crippen LogP contribution in [-0.4, -0.2) is 43.8 Å². The molecule has 0 spiro atoms. The van der Waals surface area contributed by atoms with E-state index in [4.69, 9.17) is 4.74 Å². The lowest BCUT2D eigenvalue weighted by Crippen LogP contribution is -2.47. The highest BCUT2D eigenvalue weighted by atomic mass is 35.5. The zero-order valence-corrected chi connectivity index (χ0v) is 12.1. The Kier molecular flexibility index (Phi) is 9.08. The predicted molar refractivity (Wildman–Crippen MR) is 70.4 cm³/mol. The number of likely N-dealkylation sites (tertiary alicyclic amines) is 1. The maximum Gasteiger partial charge on any atom is 0.576 e. The predicted octanol–water partition coefficient (Wildman–Crippen LogP) is 3.96. The third-order valence-corrected chi connectivity index (χ3v) is 2.93. The number of hydrogen-bond acceptors (Lipinski definition) is 1. The van der Waals surface area contributed by atoms with Gasteiger partial charge in [0.1, 0.15) is 0 Å². The van der Waals surface area contributed by atoms with Crippen molar-refractivity contribution >= 4 is 17.9 Å². The molecule has 110 valence electrons. The monoisotopic (exact) mass is 289 g/mol. The molecule has 0 aromatic rings. The van der Waals surface area contributed by atoms with Crippen molar-refractivity contribution in [3.8, 4) is 0 Å². The van der Waals surface area contributed by atoms with E-state index in [9.17, 15) is 12.9 Å². The zero-order chi connectivity index (χ0) is 14.1. The molecule has 18 heavy (non-hydrogen) atoms. The molecule has 0 N–H and O–H groups in total. The van der Waals surface area contributed by atoms with Crippen LogP contribution in [-0.2, 0) is 4.74 Å². The number of quaternary nitrogens is 1. The van der Waals surface area contributed by atoms with Gasteiger partial charge in [-0.2, -0.15) is 0 Å². The first kappa shape index (κ1) is 18.1.